The lowest BCUT2D eigenvalue weighted by Crippen LogP contribution is -2.08. The first-order valence-corrected chi connectivity index (χ1v) is 6.98. The number of hydrogen-bond donors (Lipinski definition) is 2. The van der Waals surface area contributed by atoms with Crippen LogP contribution < -0.4 is 5.32 Å². The summed E-state index contributed by atoms with van der Waals surface area (Å²) >= 11 is 1.52. The zero-order valence-corrected chi connectivity index (χ0v) is 11.7. The largest absolute Gasteiger partial charge is 0.453 e. The number of alkyl halides is 3. The maximum absolute atomic E-state index is 12.4. The maximum atomic E-state index is 12.4. The summed E-state index contributed by atoms with van der Waals surface area (Å²) in [4.78, 5) is 12.7. The van der Waals surface area contributed by atoms with Gasteiger partial charge in [-0.25, -0.2) is 9.97 Å². The zero-order chi connectivity index (χ0) is 15.6. The molecule has 3 aromatic heterocycles. The smallest absolute Gasteiger partial charge is 0.361 e. The van der Waals surface area contributed by atoms with Gasteiger partial charge in [0, 0.05) is 0 Å². The first kappa shape index (κ1) is 14.4. The molecule has 0 saturated heterocycles. The van der Waals surface area contributed by atoms with E-state index in [2.05, 4.69) is 30.5 Å². The van der Waals surface area contributed by atoms with Crippen LogP contribution in [0, 0.1) is 0 Å². The van der Waals surface area contributed by atoms with Crippen LogP contribution >= 0.6 is 11.3 Å². The molecular weight excluding hydrogens is 317 g/mol. The molecule has 3 aromatic rings. The number of H-pyrrole nitrogens is 1. The van der Waals surface area contributed by atoms with E-state index in [-0.39, 0.29) is 12.4 Å². The summed E-state index contributed by atoms with van der Waals surface area (Å²) in [6.45, 7) is 0.0334. The molecule has 0 aliphatic rings. The van der Waals surface area contributed by atoms with Crippen molar-refractivity contribution in [1.82, 2.24) is 25.1 Å². The van der Waals surface area contributed by atoms with Gasteiger partial charge in [-0.2, -0.15) is 13.2 Å². The average molecular weight is 326 g/mol. The Morgan fingerprint density at radius 2 is 2.09 bits per heavy atom. The van der Waals surface area contributed by atoms with Gasteiger partial charge in [0.25, 0.3) is 5.82 Å². The molecule has 0 aliphatic heterocycles. The second kappa shape index (κ2) is 5.72. The molecule has 0 spiro atoms. The predicted molar refractivity (Wildman–Crippen MR) is 74.1 cm³/mol. The predicted octanol–water partition coefficient (Wildman–Crippen LogP) is 2.95. The van der Waals surface area contributed by atoms with Gasteiger partial charge in [0.1, 0.15) is 17.3 Å². The van der Waals surface area contributed by atoms with E-state index in [1.165, 1.54) is 17.5 Å². The van der Waals surface area contributed by atoms with E-state index in [9.17, 15) is 13.2 Å². The number of nitrogens with one attached hydrogen (secondary N) is 2. The minimum absolute atomic E-state index is 0.0334. The number of aromatic nitrogens is 5. The zero-order valence-electron chi connectivity index (χ0n) is 10.9. The third-order valence-electron chi connectivity index (χ3n) is 2.63. The number of nitrogens with zero attached hydrogens (tertiary/aromatic N) is 4. The highest BCUT2D eigenvalue weighted by Crippen LogP contribution is 2.26. The fraction of sp³-hybridized carbons (Fsp3) is 0.167. The Morgan fingerprint density at radius 1 is 1.23 bits per heavy atom. The lowest BCUT2D eigenvalue weighted by atomic mass is 10.3. The molecule has 0 aliphatic carbocycles. The van der Waals surface area contributed by atoms with Crippen molar-refractivity contribution < 1.29 is 13.2 Å². The van der Waals surface area contributed by atoms with E-state index in [4.69, 9.17) is 0 Å². The second-order valence-electron chi connectivity index (χ2n) is 4.22. The van der Waals surface area contributed by atoms with Gasteiger partial charge in [0.15, 0.2) is 0 Å². The summed E-state index contributed by atoms with van der Waals surface area (Å²) in [7, 11) is 0. The van der Waals surface area contributed by atoms with Crippen LogP contribution in [-0.2, 0) is 12.7 Å². The van der Waals surface area contributed by atoms with Crippen LogP contribution in [0.1, 0.15) is 11.6 Å². The van der Waals surface area contributed by atoms with Gasteiger partial charge >= 0.3 is 6.18 Å². The summed E-state index contributed by atoms with van der Waals surface area (Å²) in [6, 6.07) is 3.81. The van der Waals surface area contributed by atoms with E-state index in [1.54, 1.807) is 6.20 Å². The van der Waals surface area contributed by atoms with Crippen LogP contribution in [0.5, 0.6) is 0 Å². The van der Waals surface area contributed by atoms with Gasteiger partial charge in [-0.15, -0.1) is 16.4 Å². The summed E-state index contributed by atoms with van der Waals surface area (Å²) < 4.78 is 37.2. The molecule has 0 aromatic carbocycles. The normalized spacial score (nSPS) is 11.6. The van der Waals surface area contributed by atoms with E-state index in [0.717, 1.165) is 4.88 Å². The van der Waals surface area contributed by atoms with Crippen LogP contribution in [0.4, 0.5) is 19.0 Å². The number of aromatic amines is 1. The molecule has 3 heterocycles. The van der Waals surface area contributed by atoms with Crippen LogP contribution in [0.25, 0.3) is 10.6 Å². The van der Waals surface area contributed by atoms with Crippen molar-refractivity contribution in [2.45, 2.75) is 12.7 Å². The van der Waals surface area contributed by atoms with E-state index in [1.807, 2.05) is 17.5 Å². The molecule has 2 N–H and O–H groups in total. The molecule has 22 heavy (non-hydrogen) atoms. The van der Waals surface area contributed by atoms with E-state index in [0.29, 0.717) is 11.5 Å². The summed E-state index contributed by atoms with van der Waals surface area (Å²) in [5.74, 6) is -0.686. The number of hydrogen-bond acceptors (Lipinski definition) is 6. The highest BCUT2D eigenvalue weighted by Gasteiger charge is 2.35. The van der Waals surface area contributed by atoms with Crippen molar-refractivity contribution in [1.29, 1.82) is 0 Å². The van der Waals surface area contributed by atoms with Crippen molar-refractivity contribution in [3.63, 3.8) is 0 Å². The van der Waals surface area contributed by atoms with Crippen LogP contribution in [0.15, 0.2) is 29.9 Å². The second-order valence-corrected chi connectivity index (χ2v) is 5.17. The van der Waals surface area contributed by atoms with Crippen molar-refractivity contribution in [2.75, 3.05) is 5.32 Å². The van der Waals surface area contributed by atoms with Crippen molar-refractivity contribution >= 4 is 17.2 Å². The van der Waals surface area contributed by atoms with E-state index < -0.39 is 12.0 Å². The minimum Gasteiger partial charge on any atom is -0.361 e. The topological polar surface area (TPSA) is 79.4 Å². The number of anilines is 1. The molecule has 0 atom stereocenters. The van der Waals surface area contributed by atoms with Gasteiger partial charge in [-0.3, -0.25) is 10.1 Å². The van der Waals surface area contributed by atoms with Crippen LogP contribution in [0.3, 0.4) is 0 Å². The minimum atomic E-state index is -4.56. The van der Waals surface area contributed by atoms with Gasteiger partial charge in [-0.05, 0) is 11.4 Å². The fourth-order valence-corrected chi connectivity index (χ4v) is 2.35. The maximum Gasteiger partial charge on any atom is 0.453 e. The van der Waals surface area contributed by atoms with Crippen molar-refractivity contribution in [3.8, 4) is 10.6 Å². The van der Waals surface area contributed by atoms with Crippen LogP contribution in [-0.4, -0.2) is 25.1 Å². The van der Waals surface area contributed by atoms with Crippen LogP contribution in [0.2, 0.25) is 0 Å². The summed E-state index contributed by atoms with van der Waals surface area (Å²) in [5.41, 5.74) is 0.688. The third-order valence-corrected chi connectivity index (χ3v) is 3.52. The van der Waals surface area contributed by atoms with Gasteiger partial charge in [0.2, 0.25) is 0 Å². The fourth-order valence-electron chi connectivity index (χ4n) is 1.67. The molecule has 0 saturated carbocycles. The highest BCUT2D eigenvalue weighted by molar-refractivity contribution is 7.13. The number of halogens is 3. The third kappa shape index (κ3) is 3.22. The Balaban J connectivity index is 1.69. The lowest BCUT2D eigenvalue weighted by molar-refractivity contribution is -0.144. The highest BCUT2D eigenvalue weighted by atomic mass is 32.1. The van der Waals surface area contributed by atoms with Gasteiger partial charge in [-0.1, -0.05) is 6.07 Å². The molecule has 0 radical (unpaired) electrons. The Morgan fingerprint density at radius 3 is 2.77 bits per heavy atom. The van der Waals surface area contributed by atoms with Gasteiger partial charge in [0.05, 0.1) is 23.8 Å². The molecule has 0 fully saturated rings. The molecule has 0 bridgehead atoms. The monoisotopic (exact) mass is 326 g/mol. The molecule has 6 nitrogen and oxygen atoms in total. The quantitative estimate of drug-likeness (QED) is 0.770. The number of thiophene rings is 1. The van der Waals surface area contributed by atoms with Crippen molar-refractivity contribution in [3.05, 3.63) is 41.6 Å². The van der Waals surface area contributed by atoms with Crippen molar-refractivity contribution in [2.24, 2.45) is 0 Å². The Labute approximate surface area is 126 Å². The SMILES string of the molecule is FC(F)(F)c1n[nH]c(CNc2cncc(-c3cccs3)n2)n1. The molecule has 10 heteroatoms. The molecule has 0 amide bonds. The summed E-state index contributed by atoms with van der Waals surface area (Å²) in [5, 5.41) is 10.1. The molecule has 3 rings (SSSR count). The Hall–Kier alpha value is -2.49. The Bertz CT molecular complexity index is 752. The lowest BCUT2D eigenvalue weighted by Gasteiger charge is -2.04. The first-order valence-electron chi connectivity index (χ1n) is 6.10. The molecule has 114 valence electrons. The average Bonchev–Trinajstić information content (AvgIpc) is 3.16. The Kier molecular flexibility index (Phi) is 3.75. The number of rotatable bonds is 4. The first-order chi connectivity index (χ1) is 10.5. The summed E-state index contributed by atoms with van der Waals surface area (Å²) in [6.07, 6.45) is -1.46. The standard InChI is InChI=1S/C12H9F3N6S/c13-12(14,15)11-19-10(20-21-11)6-17-9-5-16-4-7(18-9)8-2-1-3-22-8/h1-5H,6H2,(H,17,18)(H,19,20,21). The van der Waals surface area contributed by atoms with E-state index >= 15 is 0 Å². The van der Waals surface area contributed by atoms with Gasteiger partial charge < -0.3 is 5.32 Å². The molecular formula is C12H9F3N6S. The molecule has 0 unspecified atom stereocenters.